The van der Waals surface area contributed by atoms with E-state index in [4.69, 9.17) is 5.26 Å². The maximum atomic E-state index is 8.72. The molecule has 2 aromatic carbocycles. The van der Waals surface area contributed by atoms with E-state index < -0.39 is 0 Å². The molecule has 0 aliphatic carbocycles. The average Bonchev–Trinajstić information content (AvgIpc) is 2.36. The first-order valence-electron chi connectivity index (χ1n) is 5.23. The van der Waals surface area contributed by atoms with Crippen LogP contribution >= 0.6 is 15.9 Å². The molecule has 1 N–H and O–H groups in total. The molecule has 2 nitrogen and oxygen atoms in total. The van der Waals surface area contributed by atoms with Crippen LogP contribution in [0.4, 0.5) is 11.4 Å². The van der Waals surface area contributed by atoms with Gasteiger partial charge in [0.1, 0.15) is 0 Å². The summed E-state index contributed by atoms with van der Waals surface area (Å²) in [5.74, 6) is 0. The Morgan fingerprint density at radius 1 is 1.12 bits per heavy atom. The molecule has 3 heteroatoms. The number of hydrogen-bond acceptors (Lipinski definition) is 2. The van der Waals surface area contributed by atoms with Gasteiger partial charge in [0.15, 0.2) is 0 Å². The van der Waals surface area contributed by atoms with Crippen LogP contribution in [0.15, 0.2) is 46.9 Å². The van der Waals surface area contributed by atoms with Gasteiger partial charge in [-0.15, -0.1) is 0 Å². The molecule has 0 saturated carbocycles. The Kier molecular flexibility index (Phi) is 3.46. The largest absolute Gasteiger partial charge is 0.355 e. The highest BCUT2D eigenvalue weighted by Gasteiger charge is 2.02. The van der Waals surface area contributed by atoms with Crippen molar-refractivity contribution in [2.75, 3.05) is 5.32 Å². The van der Waals surface area contributed by atoms with Gasteiger partial charge in [-0.3, -0.25) is 0 Å². The van der Waals surface area contributed by atoms with Gasteiger partial charge >= 0.3 is 0 Å². The lowest BCUT2D eigenvalue weighted by molar-refractivity contribution is 1.41. The number of benzene rings is 2. The summed E-state index contributed by atoms with van der Waals surface area (Å²) in [6.45, 7) is 2.05. The van der Waals surface area contributed by atoms with Gasteiger partial charge in [0.2, 0.25) is 0 Å². The highest BCUT2D eigenvalue weighted by Crippen LogP contribution is 2.28. The Balaban J connectivity index is 2.26. The van der Waals surface area contributed by atoms with Crippen LogP contribution in [0.5, 0.6) is 0 Å². The van der Waals surface area contributed by atoms with Crippen molar-refractivity contribution in [1.82, 2.24) is 0 Å². The van der Waals surface area contributed by atoms with Crippen LogP contribution in [0.2, 0.25) is 0 Å². The predicted molar refractivity (Wildman–Crippen MR) is 73.3 cm³/mol. The molecule has 0 bridgehead atoms. The Morgan fingerprint density at radius 2 is 1.82 bits per heavy atom. The van der Waals surface area contributed by atoms with E-state index in [1.165, 1.54) is 5.56 Å². The van der Waals surface area contributed by atoms with E-state index in [0.717, 1.165) is 15.8 Å². The molecular weight excluding hydrogens is 276 g/mol. The summed E-state index contributed by atoms with van der Waals surface area (Å²) in [5, 5.41) is 12.0. The summed E-state index contributed by atoms with van der Waals surface area (Å²) >= 11 is 3.55. The maximum absolute atomic E-state index is 8.72. The first kappa shape index (κ1) is 11.7. The van der Waals surface area contributed by atoms with Gasteiger partial charge in [0, 0.05) is 10.2 Å². The quantitative estimate of drug-likeness (QED) is 0.890. The van der Waals surface area contributed by atoms with Crippen molar-refractivity contribution >= 4 is 27.3 Å². The van der Waals surface area contributed by atoms with Gasteiger partial charge < -0.3 is 5.32 Å². The average molecular weight is 287 g/mol. The second-order valence-electron chi connectivity index (χ2n) is 3.75. The summed E-state index contributed by atoms with van der Waals surface area (Å²) in [4.78, 5) is 0. The SMILES string of the molecule is Cc1cccc(Nc2ccc(C#N)cc2)c1Br. The third-order valence-electron chi connectivity index (χ3n) is 2.48. The van der Waals surface area contributed by atoms with Gasteiger partial charge in [-0.25, -0.2) is 0 Å². The molecule has 0 fully saturated rings. The molecule has 0 amide bonds. The standard InChI is InChI=1S/C14H11BrN2/c1-10-3-2-4-13(14(10)15)17-12-7-5-11(9-16)6-8-12/h2-8,17H,1H3. The summed E-state index contributed by atoms with van der Waals surface area (Å²) in [7, 11) is 0. The Morgan fingerprint density at radius 3 is 2.47 bits per heavy atom. The Labute approximate surface area is 109 Å². The monoisotopic (exact) mass is 286 g/mol. The van der Waals surface area contributed by atoms with E-state index in [0.29, 0.717) is 5.56 Å². The van der Waals surface area contributed by atoms with Crippen molar-refractivity contribution in [2.24, 2.45) is 0 Å². The number of nitrogens with one attached hydrogen (secondary N) is 1. The van der Waals surface area contributed by atoms with E-state index in [1.54, 1.807) is 12.1 Å². The Bertz CT molecular complexity index is 568. The van der Waals surface area contributed by atoms with Gasteiger partial charge in [0.05, 0.1) is 17.3 Å². The van der Waals surface area contributed by atoms with E-state index in [2.05, 4.69) is 27.3 Å². The minimum Gasteiger partial charge on any atom is -0.355 e. The molecule has 0 aliphatic rings. The zero-order chi connectivity index (χ0) is 12.3. The van der Waals surface area contributed by atoms with Crippen LogP contribution in [-0.2, 0) is 0 Å². The predicted octanol–water partition coefficient (Wildman–Crippen LogP) is 4.37. The zero-order valence-electron chi connectivity index (χ0n) is 9.37. The van der Waals surface area contributed by atoms with Crippen LogP contribution < -0.4 is 5.32 Å². The number of anilines is 2. The summed E-state index contributed by atoms with van der Waals surface area (Å²) < 4.78 is 1.06. The third kappa shape index (κ3) is 2.66. The summed E-state index contributed by atoms with van der Waals surface area (Å²) in [6, 6.07) is 15.6. The van der Waals surface area contributed by atoms with Gasteiger partial charge in [-0.05, 0) is 58.7 Å². The first-order chi connectivity index (χ1) is 8.20. The molecule has 17 heavy (non-hydrogen) atoms. The molecule has 0 aromatic heterocycles. The minimum atomic E-state index is 0.666. The third-order valence-corrected chi connectivity index (χ3v) is 3.54. The molecule has 2 aromatic rings. The topological polar surface area (TPSA) is 35.8 Å². The molecule has 0 unspecified atom stereocenters. The summed E-state index contributed by atoms with van der Waals surface area (Å²) in [6.07, 6.45) is 0. The smallest absolute Gasteiger partial charge is 0.0991 e. The van der Waals surface area contributed by atoms with Crippen molar-refractivity contribution < 1.29 is 0 Å². The molecule has 0 spiro atoms. The van der Waals surface area contributed by atoms with Crippen molar-refractivity contribution in [1.29, 1.82) is 5.26 Å². The number of hydrogen-bond donors (Lipinski definition) is 1. The van der Waals surface area contributed by atoms with Crippen molar-refractivity contribution in [2.45, 2.75) is 6.92 Å². The van der Waals surface area contributed by atoms with Crippen LogP contribution in [0, 0.1) is 18.3 Å². The fourth-order valence-corrected chi connectivity index (χ4v) is 1.89. The maximum Gasteiger partial charge on any atom is 0.0991 e. The zero-order valence-corrected chi connectivity index (χ0v) is 11.0. The van der Waals surface area contributed by atoms with Crippen molar-refractivity contribution in [3.63, 3.8) is 0 Å². The van der Waals surface area contributed by atoms with Gasteiger partial charge in [-0.1, -0.05) is 12.1 Å². The number of nitriles is 1. The van der Waals surface area contributed by atoms with E-state index in [9.17, 15) is 0 Å². The fourth-order valence-electron chi connectivity index (χ4n) is 1.53. The second kappa shape index (κ2) is 5.03. The molecule has 0 radical (unpaired) electrons. The fraction of sp³-hybridized carbons (Fsp3) is 0.0714. The lowest BCUT2D eigenvalue weighted by Gasteiger charge is -2.10. The lowest BCUT2D eigenvalue weighted by Crippen LogP contribution is -1.92. The normalized spacial score (nSPS) is 9.71. The van der Waals surface area contributed by atoms with E-state index in [1.807, 2.05) is 37.3 Å². The first-order valence-corrected chi connectivity index (χ1v) is 6.02. The lowest BCUT2D eigenvalue weighted by atomic mass is 10.2. The van der Waals surface area contributed by atoms with Crippen LogP contribution in [0.1, 0.15) is 11.1 Å². The molecule has 0 heterocycles. The van der Waals surface area contributed by atoms with Gasteiger partial charge in [-0.2, -0.15) is 5.26 Å². The Hall–Kier alpha value is -1.79. The highest BCUT2D eigenvalue weighted by molar-refractivity contribution is 9.10. The molecule has 84 valence electrons. The number of nitrogens with zero attached hydrogens (tertiary/aromatic N) is 1. The second-order valence-corrected chi connectivity index (χ2v) is 4.54. The highest BCUT2D eigenvalue weighted by atomic mass is 79.9. The molecule has 2 rings (SSSR count). The number of halogens is 1. The van der Waals surface area contributed by atoms with Crippen LogP contribution in [0.25, 0.3) is 0 Å². The molecular formula is C14H11BrN2. The van der Waals surface area contributed by atoms with Crippen LogP contribution in [-0.4, -0.2) is 0 Å². The van der Waals surface area contributed by atoms with Gasteiger partial charge in [0.25, 0.3) is 0 Å². The molecule has 0 saturated heterocycles. The molecule has 0 aliphatic heterocycles. The van der Waals surface area contributed by atoms with Crippen molar-refractivity contribution in [3.8, 4) is 6.07 Å². The minimum absolute atomic E-state index is 0.666. The van der Waals surface area contributed by atoms with E-state index >= 15 is 0 Å². The molecule has 0 atom stereocenters. The number of rotatable bonds is 2. The number of aryl methyl sites for hydroxylation is 1. The summed E-state index contributed by atoms with van der Waals surface area (Å²) in [5.41, 5.74) is 3.84. The van der Waals surface area contributed by atoms with Crippen molar-refractivity contribution in [3.05, 3.63) is 58.1 Å². The van der Waals surface area contributed by atoms with E-state index in [-0.39, 0.29) is 0 Å². The van der Waals surface area contributed by atoms with Crippen LogP contribution in [0.3, 0.4) is 0 Å².